The summed E-state index contributed by atoms with van der Waals surface area (Å²) >= 11 is 6.10. The smallest absolute Gasteiger partial charge is 0.278 e. The molecule has 1 aliphatic heterocycles. The molecule has 6 nitrogen and oxygen atoms in total. The van der Waals surface area contributed by atoms with Crippen molar-refractivity contribution in [3.8, 4) is 0 Å². The Kier molecular flexibility index (Phi) is 5.15. The van der Waals surface area contributed by atoms with E-state index < -0.39 is 0 Å². The zero-order valence-electron chi connectivity index (χ0n) is 15.9. The van der Waals surface area contributed by atoms with E-state index in [0.29, 0.717) is 27.7 Å². The Morgan fingerprint density at radius 1 is 1.04 bits per heavy atom. The number of rotatable bonds is 3. The summed E-state index contributed by atoms with van der Waals surface area (Å²) in [7, 11) is 2.10. The van der Waals surface area contributed by atoms with Crippen LogP contribution in [0.2, 0.25) is 5.02 Å². The third-order valence-electron chi connectivity index (χ3n) is 5.02. The first-order valence-corrected chi connectivity index (χ1v) is 9.67. The zero-order valence-corrected chi connectivity index (χ0v) is 16.7. The minimum absolute atomic E-state index is 0.280. The first-order chi connectivity index (χ1) is 13.5. The maximum absolute atomic E-state index is 13.2. The summed E-state index contributed by atoms with van der Waals surface area (Å²) < 4.78 is 0. The molecule has 0 bridgehead atoms. The van der Waals surface area contributed by atoms with E-state index in [-0.39, 0.29) is 5.91 Å². The lowest BCUT2D eigenvalue weighted by Crippen LogP contribution is -2.45. The van der Waals surface area contributed by atoms with E-state index in [4.69, 9.17) is 16.6 Å². The Balaban J connectivity index is 1.74. The molecule has 0 saturated carbocycles. The summed E-state index contributed by atoms with van der Waals surface area (Å²) in [6, 6.07) is 13.1. The third kappa shape index (κ3) is 3.79. The van der Waals surface area contributed by atoms with Gasteiger partial charge in [-0.1, -0.05) is 29.8 Å². The second-order valence-electron chi connectivity index (χ2n) is 7.09. The topological polar surface area (TPSA) is 61.4 Å². The summed E-state index contributed by atoms with van der Waals surface area (Å²) in [5.41, 5.74) is 3.44. The average molecular weight is 396 g/mol. The monoisotopic (exact) mass is 395 g/mol. The fourth-order valence-corrected chi connectivity index (χ4v) is 3.46. The largest absolute Gasteiger partial charge is 0.352 e. The van der Waals surface area contributed by atoms with Gasteiger partial charge in [0.25, 0.3) is 5.91 Å². The maximum atomic E-state index is 13.2. The van der Waals surface area contributed by atoms with Crippen molar-refractivity contribution in [2.75, 3.05) is 43.4 Å². The molecule has 3 aromatic rings. The van der Waals surface area contributed by atoms with E-state index >= 15 is 0 Å². The van der Waals surface area contributed by atoms with Crippen LogP contribution in [0.15, 0.2) is 42.5 Å². The van der Waals surface area contributed by atoms with Gasteiger partial charge >= 0.3 is 0 Å². The number of carbonyl (C=O) groups is 1. The molecular formula is C21H22ClN5O. The van der Waals surface area contributed by atoms with Crippen LogP contribution >= 0.6 is 11.6 Å². The Labute approximate surface area is 169 Å². The van der Waals surface area contributed by atoms with Gasteiger partial charge in [-0.2, -0.15) is 0 Å². The molecule has 1 N–H and O–H groups in total. The number of carbonyl (C=O) groups excluding carboxylic acids is 1. The van der Waals surface area contributed by atoms with Crippen molar-refractivity contribution < 1.29 is 4.79 Å². The molecule has 2 aromatic carbocycles. The zero-order chi connectivity index (χ0) is 19.7. The minimum Gasteiger partial charge on any atom is -0.352 e. The number of nitrogens with zero attached hydrogens (tertiary/aromatic N) is 4. The fourth-order valence-electron chi connectivity index (χ4n) is 3.29. The van der Waals surface area contributed by atoms with Crippen molar-refractivity contribution in [2.24, 2.45) is 0 Å². The Bertz CT molecular complexity index is 1030. The number of halogens is 1. The van der Waals surface area contributed by atoms with Crippen LogP contribution in [0.5, 0.6) is 0 Å². The summed E-state index contributed by atoms with van der Waals surface area (Å²) in [4.78, 5) is 27.0. The van der Waals surface area contributed by atoms with Crippen LogP contribution < -0.4 is 10.2 Å². The molecule has 0 unspecified atom stereocenters. The molecule has 0 spiro atoms. The highest BCUT2D eigenvalue weighted by Gasteiger charge is 2.24. The molecular weight excluding hydrogens is 374 g/mol. The number of benzene rings is 2. The molecule has 28 heavy (non-hydrogen) atoms. The van der Waals surface area contributed by atoms with Crippen molar-refractivity contribution >= 4 is 40.0 Å². The second-order valence-corrected chi connectivity index (χ2v) is 7.52. The number of amides is 1. The standard InChI is InChI=1S/C21H22ClN5O/c1-14-7-8-15(22)13-18(14)25-21(28)19-20(27-11-9-26(2)10-12-27)24-17-6-4-3-5-16(17)23-19/h3-8,13H,9-12H2,1-2H3,(H,25,28). The molecule has 0 atom stereocenters. The molecule has 144 valence electrons. The van der Waals surface area contributed by atoms with E-state index in [2.05, 4.69) is 27.1 Å². The van der Waals surface area contributed by atoms with E-state index in [1.807, 2.05) is 37.3 Å². The molecule has 1 saturated heterocycles. The normalized spacial score (nSPS) is 15.0. The van der Waals surface area contributed by atoms with Gasteiger partial charge < -0.3 is 15.1 Å². The van der Waals surface area contributed by atoms with Crippen LogP contribution in [0.25, 0.3) is 11.0 Å². The van der Waals surface area contributed by atoms with Crippen LogP contribution in [-0.4, -0.2) is 54.0 Å². The van der Waals surface area contributed by atoms with Crippen LogP contribution in [0, 0.1) is 6.92 Å². The summed E-state index contributed by atoms with van der Waals surface area (Å²) in [5, 5.41) is 3.53. The van der Waals surface area contributed by atoms with Crippen molar-refractivity contribution in [3.63, 3.8) is 0 Å². The van der Waals surface area contributed by atoms with Gasteiger partial charge in [0.1, 0.15) is 0 Å². The first kappa shape index (κ1) is 18.7. The number of piperazine rings is 1. The minimum atomic E-state index is -0.280. The predicted octanol–water partition coefficient (Wildman–Crippen LogP) is 3.60. The third-order valence-corrected chi connectivity index (χ3v) is 5.25. The quantitative estimate of drug-likeness (QED) is 0.734. The lowest BCUT2D eigenvalue weighted by molar-refractivity contribution is 0.102. The number of hydrogen-bond acceptors (Lipinski definition) is 5. The number of likely N-dealkylation sites (N-methyl/N-ethyl adjacent to an activating group) is 1. The van der Waals surface area contributed by atoms with Gasteiger partial charge in [-0.05, 0) is 43.8 Å². The number of fused-ring (bicyclic) bond motifs is 1. The molecule has 1 fully saturated rings. The fraction of sp³-hybridized carbons (Fsp3) is 0.286. The lowest BCUT2D eigenvalue weighted by atomic mass is 10.2. The van der Waals surface area contributed by atoms with Gasteiger partial charge in [-0.15, -0.1) is 0 Å². The van der Waals surface area contributed by atoms with E-state index in [1.54, 1.807) is 12.1 Å². The Hall–Kier alpha value is -2.70. The maximum Gasteiger partial charge on any atom is 0.278 e. The molecule has 0 radical (unpaired) electrons. The number of para-hydroxylation sites is 2. The van der Waals surface area contributed by atoms with Gasteiger partial charge in [0.05, 0.1) is 11.0 Å². The molecule has 1 aliphatic rings. The molecule has 1 amide bonds. The highest BCUT2D eigenvalue weighted by molar-refractivity contribution is 6.31. The average Bonchev–Trinajstić information content (AvgIpc) is 2.70. The van der Waals surface area contributed by atoms with Crippen LogP contribution in [0.3, 0.4) is 0 Å². The summed E-state index contributed by atoms with van der Waals surface area (Å²) in [6.07, 6.45) is 0. The Morgan fingerprint density at radius 3 is 2.43 bits per heavy atom. The van der Waals surface area contributed by atoms with Crippen LogP contribution in [-0.2, 0) is 0 Å². The molecule has 4 rings (SSSR count). The highest BCUT2D eigenvalue weighted by Crippen LogP contribution is 2.25. The lowest BCUT2D eigenvalue weighted by Gasteiger charge is -2.33. The predicted molar refractivity (Wildman–Crippen MR) is 113 cm³/mol. The first-order valence-electron chi connectivity index (χ1n) is 9.29. The Morgan fingerprint density at radius 2 is 1.71 bits per heavy atom. The molecule has 7 heteroatoms. The van der Waals surface area contributed by atoms with Crippen molar-refractivity contribution in [3.05, 3.63) is 58.7 Å². The van der Waals surface area contributed by atoms with Gasteiger partial charge in [0.15, 0.2) is 11.5 Å². The van der Waals surface area contributed by atoms with Crippen molar-refractivity contribution in [1.82, 2.24) is 14.9 Å². The summed E-state index contributed by atoms with van der Waals surface area (Å²) in [5.74, 6) is 0.349. The molecule has 2 heterocycles. The number of nitrogens with one attached hydrogen (secondary N) is 1. The van der Waals surface area contributed by atoms with Gasteiger partial charge in [-0.25, -0.2) is 9.97 Å². The number of aryl methyl sites for hydroxylation is 1. The van der Waals surface area contributed by atoms with Gasteiger partial charge in [0.2, 0.25) is 0 Å². The summed E-state index contributed by atoms with van der Waals surface area (Å²) in [6.45, 7) is 5.38. The van der Waals surface area contributed by atoms with Gasteiger partial charge in [-0.3, -0.25) is 4.79 Å². The van der Waals surface area contributed by atoms with Crippen LogP contribution in [0.1, 0.15) is 16.1 Å². The van der Waals surface area contributed by atoms with Crippen LogP contribution in [0.4, 0.5) is 11.5 Å². The number of hydrogen-bond donors (Lipinski definition) is 1. The van der Waals surface area contributed by atoms with Gasteiger partial charge in [0, 0.05) is 36.9 Å². The highest BCUT2D eigenvalue weighted by atomic mass is 35.5. The van der Waals surface area contributed by atoms with E-state index in [9.17, 15) is 4.79 Å². The van der Waals surface area contributed by atoms with E-state index in [0.717, 1.165) is 37.3 Å². The second kappa shape index (κ2) is 7.73. The van der Waals surface area contributed by atoms with E-state index in [1.165, 1.54) is 0 Å². The van der Waals surface area contributed by atoms with Crippen molar-refractivity contribution in [1.29, 1.82) is 0 Å². The van der Waals surface area contributed by atoms with Crippen molar-refractivity contribution in [2.45, 2.75) is 6.92 Å². The molecule has 0 aliphatic carbocycles. The number of anilines is 2. The molecule has 1 aromatic heterocycles. The SMILES string of the molecule is Cc1ccc(Cl)cc1NC(=O)c1nc2ccccc2nc1N1CCN(C)CC1. The number of aromatic nitrogens is 2.